The average molecular weight is 444 g/mol. The monoisotopic (exact) mass is 443 g/mol. The van der Waals surface area contributed by atoms with E-state index in [0.717, 1.165) is 33.3 Å². The summed E-state index contributed by atoms with van der Waals surface area (Å²) in [6, 6.07) is 7.67. The van der Waals surface area contributed by atoms with E-state index >= 15 is 0 Å². The van der Waals surface area contributed by atoms with Gasteiger partial charge in [-0.05, 0) is 32.0 Å². The second-order valence-corrected chi connectivity index (χ2v) is 8.58. The van der Waals surface area contributed by atoms with Crippen LogP contribution in [0.25, 0.3) is 16.9 Å². The molecule has 5 rings (SSSR count). The molecule has 0 radical (unpaired) electrons. The number of thiazole rings is 1. The first-order valence-corrected chi connectivity index (χ1v) is 11.0. The molecule has 0 fully saturated rings. The van der Waals surface area contributed by atoms with E-state index in [1.165, 1.54) is 0 Å². The Morgan fingerprint density at radius 2 is 2.03 bits per heavy atom. The highest BCUT2D eigenvalue weighted by Gasteiger charge is 2.18. The van der Waals surface area contributed by atoms with Crippen molar-refractivity contribution >= 4 is 22.8 Å². The third-order valence-electron chi connectivity index (χ3n) is 5.09. The van der Waals surface area contributed by atoms with Crippen molar-refractivity contribution in [2.24, 2.45) is 0 Å². The first-order chi connectivity index (χ1) is 15.6. The summed E-state index contributed by atoms with van der Waals surface area (Å²) in [5, 5.41) is 6.05. The molecule has 5 aromatic heterocycles. The van der Waals surface area contributed by atoms with Crippen LogP contribution in [0.3, 0.4) is 0 Å². The lowest BCUT2D eigenvalue weighted by Crippen LogP contribution is -2.23. The Kier molecular flexibility index (Phi) is 5.24. The van der Waals surface area contributed by atoms with Crippen molar-refractivity contribution in [3.8, 4) is 11.4 Å². The average Bonchev–Trinajstić information content (AvgIpc) is 3.52. The highest BCUT2D eigenvalue weighted by molar-refractivity contribution is 7.09. The van der Waals surface area contributed by atoms with Gasteiger partial charge in [0.05, 0.1) is 64.5 Å². The Morgan fingerprint density at radius 1 is 1.12 bits per heavy atom. The Morgan fingerprint density at radius 3 is 2.81 bits per heavy atom. The molecule has 8 nitrogen and oxygen atoms in total. The van der Waals surface area contributed by atoms with Gasteiger partial charge in [-0.15, -0.1) is 11.3 Å². The predicted molar refractivity (Wildman–Crippen MR) is 123 cm³/mol. The minimum Gasteiger partial charge on any atom is -0.346 e. The van der Waals surface area contributed by atoms with Gasteiger partial charge in [0, 0.05) is 24.0 Å². The molecule has 0 aliphatic heterocycles. The Balaban J connectivity index is 1.41. The number of nitrogens with zero attached hydrogens (tertiary/aromatic N) is 6. The van der Waals surface area contributed by atoms with Crippen molar-refractivity contribution in [1.82, 2.24) is 34.2 Å². The fourth-order valence-corrected chi connectivity index (χ4v) is 4.16. The van der Waals surface area contributed by atoms with Gasteiger partial charge in [0.25, 0.3) is 5.91 Å². The lowest BCUT2D eigenvalue weighted by Gasteiger charge is -2.04. The number of aryl methyl sites for hydroxylation is 2. The molecule has 1 amide bonds. The fraction of sp³-hybridized carbons (Fsp3) is 0.174. The summed E-state index contributed by atoms with van der Waals surface area (Å²) >= 11 is 1.64. The van der Waals surface area contributed by atoms with E-state index in [4.69, 9.17) is 0 Å². The van der Waals surface area contributed by atoms with Gasteiger partial charge in [-0.2, -0.15) is 0 Å². The van der Waals surface area contributed by atoms with Gasteiger partial charge in [-0.3, -0.25) is 14.8 Å². The summed E-state index contributed by atoms with van der Waals surface area (Å²) in [6.45, 7) is 4.85. The van der Waals surface area contributed by atoms with Crippen LogP contribution in [0.4, 0.5) is 0 Å². The second-order valence-electron chi connectivity index (χ2n) is 7.52. The van der Waals surface area contributed by atoms with E-state index in [2.05, 4.69) is 30.6 Å². The maximum Gasteiger partial charge on any atom is 0.253 e. The van der Waals surface area contributed by atoms with Crippen molar-refractivity contribution in [2.45, 2.75) is 26.9 Å². The molecule has 9 heteroatoms. The Bertz CT molecular complexity index is 1400. The molecule has 0 atom stereocenters. The first kappa shape index (κ1) is 20.1. The van der Waals surface area contributed by atoms with Crippen molar-refractivity contribution in [3.63, 3.8) is 0 Å². The molecule has 5 heterocycles. The van der Waals surface area contributed by atoms with Gasteiger partial charge in [0.2, 0.25) is 0 Å². The lowest BCUT2D eigenvalue weighted by molar-refractivity contribution is 0.0952. The number of hydrogen-bond acceptors (Lipinski definition) is 6. The largest absolute Gasteiger partial charge is 0.346 e. The van der Waals surface area contributed by atoms with Gasteiger partial charge in [0.15, 0.2) is 0 Å². The molecule has 0 aliphatic carbocycles. The SMILES string of the molecule is Cc1cnc(CNC(=O)c2cc(-c3cn(Cc4csc(C)n4)cn3)n3ccccc23)cn1. The molecular weight excluding hydrogens is 422 g/mol. The van der Waals surface area contributed by atoms with Gasteiger partial charge in [0.1, 0.15) is 5.69 Å². The zero-order valence-electron chi connectivity index (χ0n) is 17.7. The molecule has 5 aromatic rings. The maximum absolute atomic E-state index is 13.0. The van der Waals surface area contributed by atoms with Crippen LogP contribution in [0.5, 0.6) is 0 Å². The van der Waals surface area contributed by atoms with Crippen molar-refractivity contribution in [1.29, 1.82) is 0 Å². The summed E-state index contributed by atoms with van der Waals surface area (Å²) in [7, 11) is 0. The highest BCUT2D eigenvalue weighted by atomic mass is 32.1. The summed E-state index contributed by atoms with van der Waals surface area (Å²) in [5.74, 6) is -0.167. The van der Waals surface area contributed by atoms with E-state index in [1.807, 2.05) is 59.5 Å². The molecule has 0 aromatic carbocycles. The zero-order chi connectivity index (χ0) is 22.1. The number of carbonyl (C=O) groups is 1. The van der Waals surface area contributed by atoms with Gasteiger partial charge >= 0.3 is 0 Å². The van der Waals surface area contributed by atoms with E-state index in [1.54, 1.807) is 30.1 Å². The lowest BCUT2D eigenvalue weighted by atomic mass is 10.2. The van der Waals surface area contributed by atoms with Crippen molar-refractivity contribution in [3.05, 3.63) is 88.4 Å². The molecule has 0 aliphatic rings. The van der Waals surface area contributed by atoms with Gasteiger partial charge in [-0.25, -0.2) is 9.97 Å². The number of nitrogens with one attached hydrogen (secondary N) is 1. The quantitative estimate of drug-likeness (QED) is 0.433. The second kappa shape index (κ2) is 8.35. The molecule has 0 spiro atoms. The number of rotatable bonds is 6. The third kappa shape index (κ3) is 4.02. The molecule has 160 valence electrons. The number of hydrogen-bond donors (Lipinski definition) is 1. The topological polar surface area (TPSA) is 90.0 Å². The van der Waals surface area contributed by atoms with Crippen LogP contribution in [0.1, 0.15) is 32.4 Å². The minimum absolute atomic E-state index is 0.167. The van der Waals surface area contributed by atoms with E-state index in [9.17, 15) is 4.79 Å². The first-order valence-electron chi connectivity index (χ1n) is 10.2. The number of fused-ring (bicyclic) bond motifs is 1. The van der Waals surface area contributed by atoms with Gasteiger partial charge < -0.3 is 14.3 Å². The van der Waals surface area contributed by atoms with Gasteiger partial charge in [-0.1, -0.05) is 6.07 Å². The van der Waals surface area contributed by atoms with Crippen LogP contribution in [-0.2, 0) is 13.1 Å². The van der Waals surface area contributed by atoms with Crippen LogP contribution < -0.4 is 5.32 Å². The fourth-order valence-electron chi connectivity index (χ4n) is 3.56. The molecule has 0 unspecified atom stereocenters. The standard InChI is InChI=1S/C23H21N7OS/c1-15-8-25-17(9-24-15)10-26-23(31)19-7-22(30-6-4-3-5-21(19)30)20-12-29(14-27-20)11-18-13-32-16(2)28-18/h3-9,12-14H,10-11H2,1-2H3,(H,26,31). The van der Waals surface area contributed by atoms with Crippen molar-refractivity contribution < 1.29 is 4.79 Å². The smallest absolute Gasteiger partial charge is 0.253 e. The van der Waals surface area contributed by atoms with Crippen LogP contribution >= 0.6 is 11.3 Å². The van der Waals surface area contributed by atoms with Crippen LogP contribution in [0, 0.1) is 13.8 Å². The molecule has 1 N–H and O–H groups in total. The van der Waals surface area contributed by atoms with E-state index < -0.39 is 0 Å². The number of imidazole rings is 1. The predicted octanol–water partition coefficient (Wildman–Crippen LogP) is 3.64. The normalized spacial score (nSPS) is 11.2. The van der Waals surface area contributed by atoms with E-state index in [0.29, 0.717) is 24.3 Å². The van der Waals surface area contributed by atoms with Crippen molar-refractivity contribution in [2.75, 3.05) is 0 Å². The summed E-state index contributed by atoms with van der Waals surface area (Å²) < 4.78 is 3.99. The maximum atomic E-state index is 13.0. The Hall–Kier alpha value is -3.85. The highest BCUT2D eigenvalue weighted by Crippen LogP contribution is 2.25. The Labute approximate surface area is 188 Å². The molecule has 32 heavy (non-hydrogen) atoms. The minimum atomic E-state index is -0.167. The van der Waals surface area contributed by atoms with E-state index in [-0.39, 0.29) is 5.91 Å². The molecule has 0 saturated heterocycles. The molecular formula is C23H21N7OS. The number of aromatic nitrogens is 6. The zero-order valence-corrected chi connectivity index (χ0v) is 18.5. The van der Waals surface area contributed by atoms with Crippen LogP contribution in [0.15, 0.2) is 60.8 Å². The van der Waals surface area contributed by atoms with Crippen LogP contribution in [-0.4, -0.2) is 34.8 Å². The third-order valence-corrected chi connectivity index (χ3v) is 5.91. The summed E-state index contributed by atoms with van der Waals surface area (Å²) in [6.07, 6.45) is 9.08. The summed E-state index contributed by atoms with van der Waals surface area (Å²) in [4.78, 5) is 30.6. The molecule has 0 saturated carbocycles. The summed E-state index contributed by atoms with van der Waals surface area (Å²) in [5.41, 5.74) is 5.62. The number of amides is 1. The number of carbonyl (C=O) groups excluding carboxylic acids is 1. The van der Waals surface area contributed by atoms with Crippen LogP contribution in [0.2, 0.25) is 0 Å². The number of pyridine rings is 1. The molecule has 0 bridgehead atoms.